The van der Waals surface area contributed by atoms with Crippen LogP contribution in [0.2, 0.25) is 0 Å². The fraction of sp³-hybridized carbons (Fsp3) is 0.323. The van der Waals surface area contributed by atoms with Gasteiger partial charge in [-0.05, 0) is 73.9 Å². The van der Waals surface area contributed by atoms with Gasteiger partial charge in [-0.2, -0.15) is 5.10 Å². The second kappa shape index (κ2) is 11.4. The van der Waals surface area contributed by atoms with E-state index in [1.165, 1.54) is 34.9 Å². The van der Waals surface area contributed by atoms with Gasteiger partial charge in [0.25, 0.3) is 0 Å². The van der Waals surface area contributed by atoms with Crippen LogP contribution in [0, 0.1) is 29.5 Å². The summed E-state index contributed by atoms with van der Waals surface area (Å²) in [5, 5.41) is 21.6. The van der Waals surface area contributed by atoms with E-state index < -0.39 is 21.8 Å². The minimum absolute atomic E-state index is 0.0216. The Morgan fingerprint density at radius 2 is 1.86 bits per heavy atom. The van der Waals surface area contributed by atoms with Gasteiger partial charge in [-0.1, -0.05) is 36.8 Å². The number of halogens is 1. The van der Waals surface area contributed by atoms with E-state index in [0.717, 1.165) is 61.8 Å². The molecule has 3 N–H and O–H groups in total. The minimum Gasteiger partial charge on any atom is -0.476 e. The number of nitrogens with zero attached hydrogens (tertiary/aromatic N) is 3. The van der Waals surface area contributed by atoms with Gasteiger partial charge in [0.2, 0.25) is 15.2 Å². The molecule has 2 fully saturated rings. The number of rotatable bonds is 8. The molecule has 0 bridgehead atoms. The minimum atomic E-state index is -3.84. The SMILES string of the molecule is NS(=O)(=O)c1ccc(Cc2c(-c3ccc(F)c(C#CC4CCCC4)c3)nn(-c3nc(C(=O)O)cs3)c2CC2CC2)cc1. The predicted octanol–water partition coefficient (Wildman–Crippen LogP) is 5.57. The predicted molar refractivity (Wildman–Crippen MR) is 157 cm³/mol. The van der Waals surface area contributed by atoms with Crippen LogP contribution in [-0.2, 0) is 22.9 Å². The number of carboxylic acid groups (broad SMARTS) is 1. The Hall–Kier alpha value is -3.85. The number of benzene rings is 2. The third-order valence-corrected chi connectivity index (χ3v) is 9.55. The first kappa shape index (κ1) is 28.3. The van der Waals surface area contributed by atoms with Gasteiger partial charge in [0.05, 0.1) is 21.8 Å². The van der Waals surface area contributed by atoms with Crippen molar-refractivity contribution in [3.05, 3.63) is 81.7 Å². The van der Waals surface area contributed by atoms with Crippen LogP contribution in [0.5, 0.6) is 0 Å². The van der Waals surface area contributed by atoms with Crippen LogP contribution in [0.4, 0.5) is 4.39 Å². The molecule has 0 amide bonds. The highest BCUT2D eigenvalue weighted by Crippen LogP contribution is 2.38. The third-order valence-electron chi connectivity index (χ3n) is 7.80. The van der Waals surface area contributed by atoms with Crippen LogP contribution in [0.25, 0.3) is 16.4 Å². The van der Waals surface area contributed by atoms with Crippen LogP contribution in [0.15, 0.2) is 52.7 Å². The van der Waals surface area contributed by atoms with Crippen molar-refractivity contribution < 1.29 is 22.7 Å². The lowest BCUT2D eigenvalue weighted by Crippen LogP contribution is -2.12. The van der Waals surface area contributed by atoms with Crippen LogP contribution >= 0.6 is 11.3 Å². The molecule has 4 aromatic rings. The number of thiazole rings is 1. The molecule has 0 aliphatic heterocycles. The number of carbonyl (C=O) groups is 1. The lowest BCUT2D eigenvalue weighted by molar-refractivity contribution is 0.0691. The second-order valence-corrected chi connectivity index (χ2v) is 13.4. The molecule has 6 rings (SSSR count). The summed E-state index contributed by atoms with van der Waals surface area (Å²) in [6.45, 7) is 0. The molecule has 2 saturated carbocycles. The van der Waals surface area contributed by atoms with Gasteiger partial charge in [-0.15, -0.1) is 11.3 Å². The first-order chi connectivity index (χ1) is 20.2. The molecule has 0 unspecified atom stereocenters. The fourth-order valence-electron chi connectivity index (χ4n) is 5.35. The van der Waals surface area contributed by atoms with Gasteiger partial charge in [-0.25, -0.2) is 32.4 Å². The van der Waals surface area contributed by atoms with E-state index in [4.69, 9.17) is 10.2 Å². The molecule has 2 heterocycles. The van der Waals surface area contributed by atoms with Crippen molar-refractivity contribution >= 4 is 27.3 Å². The van der Waals surface area contributed by atoms with Gasteiger partial charge in [0.1, 0.15) is 5.82 Å². The van der Waals surface area contributed by atoms with Crippen LogP contribution < -0.4 is 5.14 Å². The topological polar surface area (TPSA) is 128 Å². The standard InChI is InChI=1S/C31H29FN4O4S2/c32-26-14-11-23(17-22(26)10-7-19-3-1-2-4-19)29-25(15-20-8-12-24(13-9-20)42(33,39)40)28(16-21-5-6-21)36(35-29)31-34-27(18-41-31)30(37)38/h8-9,11-14,17-19,21H,1-6,15-16H2,(H,37,38)(H2,33,39,40). The van der Waals surface area contributed by atoms with E-state index in [1.807, 2.05) is 0 Å². The van der Waals surface area contributed by atoms with E-state index in [1.54, 1.807) is 28.9 Å². The number of aromatic nitrogens is 3. The van der Waals surface area contributed by atoms with Crippen LogP contribution in [0.1, 0.15) is 71.4 Å². The normalized spacial score (nSPS) is 15.5. The zero-order valence-corrected chi connectivity index (χ0v) is 24.3. The molecule has 0 radical (unpaired) electrons. The van der Waals surface area contributed by atoms with Crippen LogP contribution in [-0.4, -0.2) is 34.3 Å². The summed E-state index contributed by atoms with van der Waals surface area (Å²) >= 11 is 1.19. The monoisotopic (exact) mass is 604 g/mol. The quantitative estimate of drug-likeness (QED) is 0.253. The summed E-state index contributed by atoms with van der Waals surface area (Å²) in [5.74, 6) is 5.54. The Bertz CT molecular complexity index is 1820. The average molecular weight is 605 g/mol. The summed E-state index contributed by atoms with van der Waals surface area (Å²) < 4.78 is 40.2. The van der Waals surface area contributed by atoms with Crippen molar-refractivity contribution in [1.29, 1.82) is 0 Å². The highest BCUT2D eigenvalue weighted by atomic mass is 32.2. The van der Waals surface area contributed by atoms with Gasteiger partial charge >= 0.3 is 5.97 Å². The number of carboxylic acids is 1. The van der Waals surface area contributed by atoms with Gasteiger partial charge < -0.3 is 5.11 Å². The van der Waals surface area contributed by atoms with Crippen molar-refractivity contribution in [2.24, 2.45) is 17.0 Å². The van der Waals surface area contributed by atoms with E-state index in [0.29, 0.717) is 34.3 Å². The van der Waals surface area contributed by atoms with Gasteiger partial charge in [0, 0.05) is 28.8 Å². The van der Waals surface area contributed by atoms with E-state index >= 15 is 0 Å². The number of sulfonamides is 1. The maximum atomic E-state index is 14.9. The molecule has 216 valence electrons. The Morgan fingerprint density at radius 3 is 2.50 bits per heavy atom. The summed E-state index contributed by atoms with van der Waals surface area (Å²) in [6, 6.07) is 11.2. The molecule has 8 nitrogen and oxygen atoms in total. The summed E-state index contributed by atoms with van der Waals surface area (Å²) in [7, 11) is -3.84. The summed E-state index contributed by atoms with van der Waals surface area (Å²) in [5.41, 5.74) is 4.19. The third kappa shape index (κ3) is 6.16. The molecule has 2 aliphatic carbocycles. The van der Waals surface area contributed by atoms with Gasteiger partial charge in [0.15, 0.2) is 5.69 Å². The Morgan fingerprint density at radius 1 is 1.12 bits per heavy atom. The van der Waals surface area contributed by atoms with Crippen molar-refractivity contribution in [2.75, 3.05) is 0 Å². The number of hydrogen-bond acceptors (Lipinski definition) is 6. The Labute approximate surface area is 247 Å². The van der Waals surface area contributed by atoms with Crippen molar-refractivity contribution in [3.63, 3.8) is 0 Å². The number of primary sulfonamides is 1. The molecule has 11 heteroatoms. The van der Waals surface area contributed by atoms with Gasteiger partial charge in [-0.3, -0.25) is 0 Å². The highest BCUT2D eigenvalue weighted by Gasteiger charge is 2.29. The van der Waals surface area contributed by atoms with Crippen molar-refractivity contribution in [2.45, 2.75) is 56.3 Å². The molecule has 2 aromatic heterocycles. The van der Waals surface area contributed by atoms with Crippen molar-refractivity contribution in [3.8, 4) is 28.2 Å². The number of aromatic carboxylic acids is 1. The molecular formula is C31H29FN4O4S2. The van der Waals surface area contributed by atoms with E-state index in [2.05, 4.69) is 16.8 Å². The lowest BCUT2D eigenvalue weighted by atomic mass is 9.96. The maximum Gasteiger partial charge on any atom is 0.355 e. The average Bonchev–Trinajstić information content (AvgIpc) is 3.30. The second-order valence-electron chi connectivity index (χ2n) is 11.0. The molecular weight excluding hydrogens is 575 g/mol. The summed E-state index contributed by atoms with van der Waals surface area (Å²) in [4.78, 5) is 15.9. The fourth-order valence-corrected chi connectivity index (χ4v) is 6.63. The molecule has 2 aliphatic rings. The Kier molecular flexibility index (Phi) is 7.70. The van der Waals surface area contributed by atoms with Crippen molar-refractivity contribution in [1.82, 2.24) is 14.8 Å². The molecule has 0 saturated heterocycles. The zero-order chi connectivity index (χ0) is 29.4. The maximum absolute atomic E-state index is 14.9. The van der Waals surface area contributed by atoms with E-state index in [-0.39, 0.29) is 16.5 Å². The largest absolute Gasteiger partial charge is 0.476 e. The molecule has 0 atom stereocenters. The number of nitrogens with two attached hydrogens (primary N) is 1. The first-order valence-corrected chi connectivity index (χ1v) is 16.3. The zero-order valence-electron chi connectivity index (χ0n) is 22.7. The van der Waals surface area contributed by atoms with E-state index in [9.17, 15) is 22.7 Å². The Balaban J connectivity index is 1.48. The summed E-state index contributed by atoms with van der Waals surface area (Å²) in [6.07, 6.45) is 7.65. The molecule has 0 spiro atoms. The van der Waals surface area contributed by atoms with Crippen LogP contribution in [0.3, 0.4) is 0 Å². The molecule has 2 aromatic carbocycles. The lowest BCUT2D eigenvalue weighted by Gasteiger charge is -2.09. The number of hydrogen-bond donors (Lipinski definition) is 2. The smallest absolute Gasteiger partial charge is 0.355 e. The highest BCUT2D eigenvalue weighted by molar-refractivity contribution is 7.89. The first-order valence-electron chi connectivity index (χ1n) is 13.9. The molecule has 42 heavy (non-hydrogen) atoms.